The van der Waals surface area contributed by atoms with E-state index in [1.165, 1.54) is 154 Å². The first-order valence-corrected chi connectivity index (χ1v) is 21.1. The van der Waals surface area contributed by atoms with Gasteiger partial charge in [0, 0.05) is 12.8 Å². The van der Waals surface area contributed by atoms with E-state index in [4.69, 9.17) is 14.2 Å². The molecule has 0 N–H and O–H groups in total. The van der Waals surface area contributed by atoms with E-state index in [0.29, 0.717) is 19.4 Å². The lowest BCUT2D eigenvalue weighted by Crippen LogP contribution is -2.29. The molecule has 0 aliphatic carbocycles. The van der Waals surface area contributed by atoms with Crippen LogP contribution in [0, 0.1) is 0 Å². The van der Waals surface area contributed by atoms with Crippen LogP contribution in [0.1, 0.15) is 212 Å². The summed E-state index contributed by atoms with van der Waals surface area (Å²) in [5, 5.41) is 0. The molecule has 5 nitrogen and oxygen atoms in total. The van der Waals surface area contributed by atoms with Crippen molar-refractivity contribution in [2.75, 3.05) is 13.2 Å². The average molecular weight is 687 g/mol. The zero-order chi connectivity index (χ0) is 35.3. The van der Waals surface area contributed by atoms with Crippen molar-refractivity contribution in [1.82, 2.24) is 0 Å². The molecule has 0 bridgehead atoms. The minimum atomic E-state index is -0.580. The smallest absolute Gasteiger partial charge is 0.306 e. The molecule has 1 unspecified atom stereocenters. The Hall–Kier alpha value is -1.88. The van der Waals surface area contributed by atoms with Gasteiger partial charge in [0.2, 0.25) is 0 Å². The van der Waals surface area contributed by atoms with Gasteiger partial charge in [-0.15, -0.1) is 0 Å². The summed E-state index contributed by atoms with van der Waals surface area (Å²) in [5.74, 6) is -0.440. The van der Waals surface area contributed by atoms with Crippen LogP contribution >= 0.6 is 0 Å². The van der Waals surface area contributed by atoms with Crippen LogP contribution in [0.15, 0.2) is 30.3 Å². The fourth-order valence-corrected chi connectivity index (χ4v) is 6.43. The maximum Gasteiger partial charge on any atom is 0.306 e. The van der Waals surface area contributed by atoms with Crippen LogP contribution < -0.4 is 0 Å². The van der Waals surface area contributed by atoms with Gasteiger partial charge in [-0.3, -0.25) is 9.59 Å². The van der Waals surface area contributed by atoms with Crippen molar-refractivity contribution in [3.63, 3.8) is 0 Å². The van der Waals surface area contributed by atoms with E-state index in [2.05, 4.69) is 13.8 Å². The number of esters is 2. The first kappa shape index (κ1) is 45.1. The second kappa shape index (κ2) is 35.9. The van der Waals surface area contributed by atoms with E-state index in [9.17, 15) is 9.59 Å². The van der Waals surface area contributed by atoms with Gasteiger partial charge in [-0.1, -0.05) is 211 Å². The summed E-state index contributed by atoms with van der Waals surface area (Å²) in [6.07, 6.45) is 36.3. The minimum Gasteiger partial charge on any atom is -0.462 e. The van der Waals surface area contributed by atoms with E-state index < -0.39 is 6.10 Å². The third-order valence-corrected chi connectivity index (χ3v) is 9.61. The molecule has 0 aliphatic rings. The maximum absolute atomic E-state index is 12.7. The van der Waals surface area contributed by atoms with E-state index in [1.54, 1.807) is 0 Å². The lowest BCUT2D eigenvalue weighted by Gasteiger charge is -2.18. The zero-order valence-electron chi connectivity index (χ0n) is 32.3. The van der Waals surface area contributed by atoms with Gasteiger partial charge in [0.1, 0.15) is 6.61 Å². The Morgan fingerprint density at radius 3 is 1.24 bits per heavy atom. The molecule has 0 heterocycles. The number of hydrogen-bond donors (Lipinski definition) is 0. The van der Waals surface area contributed by atoms with Gasteiger partial charge in [0.15, 0.2) is 6.10 Å². The van der Waals surface area contributed by atoms with Gasteiger partial charge in [0.25, 0.3) is 0 Å². The van der Waals surface area contributed by atoms with Crippen molar-refractivity contribution in [1.29, 1.82) is 0 Å². The van der Waals surface area contributed by atoms with Crippen LogP contribution in [0.3, 0.4) is 0 Å². The van der Waals surface area contributed by atoms with Crippen LogP contribution in [0.2, 0.25) is 0 Å². The predicted molar refractivity (Wildman–Crippen MR) is 207 cm³/mol. The highest BCUT2D eigenvalue weighted by molar-refractivity contribution is 5.70. The van der Waals surface area contributed by atoms with Gasteiger partial charge in [-0.05, 0) is 18.4 Å². The molecular weight excluding hydrogens is 608 g/mol. The zero-order valence-corrected chi connectivity index (χ0v) is 32.3. The SMILES string of the molecule is CCCCCCCCCCCCCCCCCC(=O)OC(COCc1ccccc1)COC(=O)CCCCCCCCCCCCCCC. The highest BCUT2D eigenvalue weighted by atomic mass is 16.6. The van der Waals surface area contributed by atoms with Gasteiger partial charge in [0.05, 0.1) is 13.2 Å². The Morgan fingerprint density at radius 2 is 0.837 bits per heavy atom. The average Bonchev–Trinajstić information content (AvgIpc) is 3.11. The first-order valence-electron chi connectivity index (χ1n) is 21.1. The van der Waals surface area contributed by atoms with E-state index >= 15 is 0 Å². The topological polar surface area (TPSA) is 61.8 Å². The van der Waals surface area contributed by atoms with Crippen LogP contribution in [0.4, 0.5) is 0 Å². The Morgan fingerprint density at radius 1 is 0.469 bits per heavy atom. The van der Waals surface area contributed by atoms with Gasteiger partial charge < -0.3 is 14.2 Å². The Bertz CT molecular complexity index is 841. The Balaban J connectivity index is 2.15. The van der Waals surface area contributed by atoms with Crippen molar-refractivity contribution < 1.29 is 23.8 Å². The summed E-state index contributed by atoms with van der Waals surface area (Å²) >= 11 is 0. The standard InChI is InChI=1S/C44H78O5/c1-3-5-7-9-11-13-15-17-18-20-22-24-26-28-33-37-44(46)49-42(39-47-38-41-34-30-29-31-35-41)40-48-43(45)36-32-27-25-23-21-19-16-14-12-10-8-6-4-2/h29-31,34-35,42H,3-28,32-33,36-40H2,1-2H3. The van der Waals surface area contributed by atoms with Crippen molar-refractivity contribution in [2.24, 2.45) is 0 Å². The predicted octanol–water partition coefficient (Wildman–Crippen LogP) is 13.4. The third kappa shape index (κ3) is 31.8. The summed E-state index contributed by atoms with van der Waals surface area (Å²) in [5.41, 5.74) is 1.06. The molecule has 0 aromatic heterocycles. The van der Waals surface area contributed by atoms with Crippen LogP contribution in [-0.2, 0) is 30.4 Å². The molecule has 0 saturated carbocycles. The van der Waals surface area contributed by atoms with E-state index in [-0.39, 0.29) is 25.2 Å². The highest BCUT2D eigenvalue weighted by Crippen LogP contribution is 2.16. The monoisotopic (exact) mass is 687 g/mol. The summed E-state index contributed by atoms with van der Waals surface area (Å²) < 4.78 is 17.1. The van der Waals surface area contributed by atoms with Crippen LogP contribution in [-0.4, -0.2) is 31.3 Å². The number of ether oxygens (including phenoxy) is 3. The lowest BCUT2D eigenvalue weighted by atomic mass is 10.0. The van der Waals surface area contributed by atoms with Gasteiger partial charge in [-0.2, -0.15) is 0 Å². The van der Waals surface area contributed by atoms with Gasteiger partial charge >= 0.3 is 11.9 Å². The molecule has 0 aliphatic heterocycles. The summed E-state index contributed by atoms with van der Waals surface area (Å²) in [6, 6.07) is 9.95. The van der Waals surface area contributed by atoms with Crippen LogP contribution in [0.25, 0.3) is 0 Å². The Labute approximate surface area is 303 Å². The molecule has 0 spiro atoms. The van der Waals surface area contributed by atoms with E-state index in [1.807, 2.05) is 30.3 Å². The maximum atomic E-state index is 12.7. The molecule has 1 aromatic rings. The molecule has 1 aromatic carbocycles. The molecule has 0 radical (unpaired) electrons. The number of carbonyl (C=O) groups excluding carboxylic acids is 2. The number of unbranched alkanes of at least 4 members (excludes halogenated alkanes) is 26. The van der Waals surface area contributed by atoms with E-state index in [0.717, 1.165) is 31.2 Å². The number of benzene rings is 1. The van der Waals surface area contributed by atoms with Gasteiger partial charge in [-0.25, -0.2) is 0 Å². The van der Waals surface area contributed by atoms with Crippen molar-refractivity contribution in [2.45, 2.75) is 219 Å². The fraction of sp³-hybridized carbons (Fsp3) is 0.818. The molecule has 49 heavy (non-hydrogen) atoms. The normalized spacial score (nSPS) is 11.9. The molecule has 0 amide bonds. The molecule has 5 heteroatoms. The molecule has 1 atom stereocenters. The number of rotatable bonds is 37. The quantitative estimate of drug-likeness (QED) is 0.0515. The number of hydrogen-bond acceptors (Lipinski definition) is 5. The lowest BCUT2D eigenvalue weighted by molar-refractivity contribution is -0.163. The summed E-state index contributed by atoms with van der Waals surface area (Å²) in [4.78, 5) is 25.1. The number of carbonyl (C=O) groups is 2. The molecule has 0 saturated heterocycles. The summed E-state index contributed by atoms with van der Waals surface area (Å²) in [6.45, 7) is 5.24. The molecule has 1 rings (SSSR count). The Kier molecular flexibility index (Phi) is 33.1. The second-order valence-electron chi connectivity index (χ2n) is 14.5. The van der Waals surface area contributed by atoms with Crippen molar-refractivity contribution in [3.8, 4) is 0 Å². The molecule has 0 fully saturated rings. The summed E-state index contributed by atoms with van der Waals surface area (Å²) in [7, 11) is 0. The minimum absolute atomic E-state index is 0.0522. The molecule has 284 valence electrons. The first-order chi connectivity index (χ1) is 24.2. The fourth-order valence-electron chi connectivity index (χ4n) is 6.43. The van der Waals surface area contributed by atoms with Crippen molar-refractivity contribution in [3.05, 3.63) is 35.9 Å². The second-order valence-corrected chi connectivity index (χ2v) is 14.5. The van der Waals surface area contributed by atoms with Crippen LogP contribution in [0.5, 0.6) is 0 Å². The highest BCUT2D eigenvalue weighted by Gasteiger charge is 2.18. The third-order valence-electron chi connectivity index (χ3n) is 9.61. The van der Waals surface area contributed by atoms with Crippen molar-refractivity contribution >= 4 is 11.9 Å². The largest absolute Gasteiger partial charge is 0.462 e. The molecular formula is C44H78O5.